The molecule has 0 bridgehead atoms. The number of ketones is 1. The van der Waals surface area contributed by atoms with Gasteiger partial charge in [0.2, 0.25) is 11.8 Å². The molecule has 0 heterocycles. The molecule has 0 aliphatic heterocycles. The van der Waals surface area contributed by atoms with Crippen molar-refractivity contribution in [3.63, 3.8) is 0 Å². The van der Waals surface area contributed by atoms with E-state index in [0.29, 0.717) is 0 Å². The van der Waals surface area contributed by atoms with Crippen molar-refractivity contribution in [2.45, 2.75) is 32.2 Å². The Balaban J connectivity index is 4.43. The lowest BCUT2D eigenvalue weighted by molar-refractivity contribution is -0.142. The fourth-order valence-corrected chi connectivity index (χ4v) is 2.03. The Bertz CT molecular complexity index is 481. The van der Waals surface area contributed by atoms with Crippen LogP contribution in [0.5, 0.6) is 0 Å². The molecular formula is C13H20N2O7S. The van der Waals surface area contributed by atoms with Crippen LogP contribution in [0.3, 0.4) is 0 Å². The van der Waals surface area contributed by atoms with Crippen LogP contribution in [0.4, 0.5) is 0 Å². The largest absolute Gasteiger partial charge is 0.480 e. The molecule has 23 heavy (non-hydrogen) atoms. The molecule has 2 atom stereocenters. The van der Waals surface area contributed by atoms with Gasteiger partial charge >= 0.3 is 11.9 Å². The minimum atomic E-state index is -1.25. The number of rotatable bonds is 11. The van der Waals surface area contributed by atoms with Crippen LogP contribution >= 0.6 is 12.6 Å². The maximum absolute atomic E-state index is 11.8. The summed E-state index contributed by atoms with van der Waals surface area (Å²) >= 11 is 3.95. The fourth-order valence-electron chi connectivity index (χ4n) is 1.73. The Morgan fingerprint density at radius 1 is 1.13 bits per heavy atom. The van der Waals surface area contributed by atoms with Crippen molar-refractivity contribution in [2.24, 2.45) is 5.92 Å². The Labute approximate surface area is 138 Å². The predicted molar refractivity (Wildman–Crippen MR) is 82.1 cm³/mol. The lowest BCUT2D eigenvalue weighted by Gasteiger charge is -2.15. The van der Waals surface area contributed by atoms with Gasteiger partial charge in [0.25, 0.3) is 0 Å². The maximum Gasteiger partial charge on any atom is 0.326 e. The number of carbonyl (C=O) groups excluding carboxylic acids is 3. The molecule has 0 fully saturated rings. The second-order valence-corrected chi connectivity index (χ2v) is 5.23. The highest BCUT2D eigenvalue weighted by molar-refractivity contribution is 7.80. The van der Waals surface area contributed by atoms with E-state index >= 15 is 0 Å². The number of carboxylic acid groups (broad SMARTS) is 2. The van der Waals surface area contributed by atoms with Crippen LogP contribution in [0.15, 0.2) is 0 Å². The average molecular weight is 348 g/mol. The smallest absolute Gasteiger partial charge is 0.326 e. The molecule has 0 aromatic heterocycles. The Hall–Kier alpha value is -2.10. The van der Waals surface area contributed by atoms with Crippen molar-refractivity contribution >= 4 is 42.2 Å². The van der Waals surface area contributed by atoms with E-state index in [-0.39, 0.29) is 30.8 Å². The minimum absolute atomic E-state index is 0.0469. The summed E-state index contributed by atoms with van der Waals surface area (Å²) in [5.41, 5.74) is 0. The number of thiol groups is 1. The monoisotopic (exact) mass is 348 g/mol. The lowest BCUT2D eigenvalue weighted by Crippen LogP contribution is -2.40. The van der Waals surface area contributed by atoms with E-state index in [2.05, 4.69) is 23.3 Å². The van der Waals surface area contributed by atoms with Crippen molar-refractivity contribution in [1.29, 1.82) is 0 Å². The molecule has 0 saturated heterocycles. The second-order valence-electron chi connectivity index (χ2n) is 4.86. The highest BCUT2D eigenvalue weighted by atomic mass is 32.1. The van der Waals surface area contributed by atoms with Gasteiger partial charge in [-0.2, -0.15) is 12.6 Å². The first-order chi connectivity index (χ1) is 10.7. The molecule has 0 unspecified atom stereocenters. The molecular weight excluding hydrogens is 328 g/mol. The topological polar surface area (TPSA) is 150 Å². The van der Waals surface area contributed by atoms with Gasteiger partial charge in [-0.1, -0.05) is 0 Å². The van der Waals surface area contributed by atoms with Gasteiger partial charge in [0.05, 0.1) is 5.92 Å². The van der Waals surface area contributed by atoms with Gasteiger partial charge in [-0.25, -0.2) is 4.79 Å². The van der Waals surface area contributed by atoms with E-state index in [1.807, 2.05) is 0 Å². The SMILES string of the molecule is CC(=O)N[C@H](CCC(=O)C[C@@H](CS)C(=O)NCC(=O)O)C(=O)O. The quantitative estimate of drug-likeness (QED) is 0.302. The number of nitrogens with one attached hydrogen (secondary N) is 2. The van der Waals surface area contributed by atoms with Crippen LogP contribution < -0.4 is 10.6 Å². The summed E-state index contributed by atoms with van der Waals surface area (Å²) in [5, 5.41) is 21.8. The summed E-state index contributed by atoms with van der Waals surface area (Å²) in [6, 6.07) is -1.17. The van der Waals surface area contributed by atoms with Crippen molar-refractivity contribution in [3.05, 3.63) is 0 Å². The molecule has 0 aromatic carbocycles. The van der Waals surface area contributed by atoms with Crippen molar-refractivity contribution in [3.8, 4) is 0 Å². The summed E-state index contributed by atoms with van der Waals surface area (Å²) in [5.74, 6) is -4.70. The van der Waals surface area contributed by atoms with Crippen LogP contribution in [0.1, 0.15) is 26.2 Å². The van der Waals surface area contributed by atoms with Crippen molar-refractivity contribution in [2.75, 3.05) is 12.3 Å². The summed E-state index contributed by atoms with van der Waals surface area (Å²) in [4.78, 5) is 55.7. The number of aliphatic carboxylic acids is 2. The Morgan fingerprint density at radius 3 is 2.17 bits per heavy atom. The second kappa shape index (κ2) is 10.6. The number of amides is 2. The third-order valence-electron chi connectivity index (χ3n) is 2.87. The summed E-state index contributed by atoms with van der Waals surface area (Å²) < 4.78 is 0. The molecule has 9 nitrogen and oxygen atoms in total. The third kappa shape index (κ3) is 9.51. The van der Waals surface area contributed by atoms with E-state index in [0.717, 1.165) is 0 Å². The van der Waals surface area contributed by atoms with Gasteiger partial charge in [-0.3, -0.25) is 19.2 Å². The van der Waals surface area contributed by atoms with E-state index in [9.17, 15) is 24.0 Å². The first kappa shape index (κ1) is 20.9. The van der Waals surface area contributed by atoms with E-state index in [4.69, 9.17) is 10.2 Å². The number of hydrogen-bond acceptors (Lipinski definition) is 6. The zero-order valence-electron chi connectivity index (χ0n) is 12.6. The number of carboxylic acids is 2. The first-order valence-corrected chi connectivity index (χ1v) is 7.42. The number of hydrogen-bond donors (Lipinski definition) is 5. The fraction of sp³-hybridized carbons (Fsp3) is 0.615. The maximum atomic E-state index is 11.8. The first-order valence-electron chi connectivity index (χ1n) is 6.79. The van der Waals surface area contributed by atoms with Gasteiger partial charge in [0.1, 0.15) is 18.4 Å². The molecule has 0 radical (unpaired) electrons. The Kier molecular flexibility index (Phi) is 9.63. The molecule has 0 aliphatic carbocycles. The van der Waals surface area contributed by atoms with Crippen LogP contribution in [0, 0.1) is 5.92 Å². The van der Waals surface area contributed by atoms with Crippen molar-refractivity contribution in [1.82, 2.24) is 10.6 Å². The molecule has 0 aliphatic rings. The molecule has 2 amide bonds. The summed E-state index contributed by atoms with van der Waals surface area (Å²) in [6.07, 6.45) is -0.404. The van der Waals surface area contributed by atoms with E-state index in [1.54, 1.807) is 0 Å². The molecule has 0 rings (SSSR count). The van der Waals surface area contributed by atoms with Crippen molar-refractivity contribution < 1.29 is 34.2 Å². The van der Waals surface area contributed by atoms with Gasteiger partial charge in [0, 0.05) is 25.5 Å². The highest BCUT2D eigenvalue weighted by Crippen LogP contribution is 2.10. The molecule has 130 valence electrons. The van der Waals surface area contributed by atoms with E-state index < -0.39 is 42.3 Å². The van der Waals surface area contributed by atoms with Gasteiger partial charge in [-0.05, 0) is 6.42 Å². The van der Waals surface area contributed by atoms with Crippen LogP contribution in [-0.4, -0.2) is 58.1 Å². The van der Waals surface area contributed by atoms with Crippen LogP contribution in [0.25, 0.3) is 0 Å². The summed E-state index contributed by atoms with van der Waals surface area (Å²) in [7, 11) is 0. The third-order valence-corrected chi connectivity index (χ3v) is 3.31. The molecule has 0 spiro atoms. The van der Waals surface area contributed by atoms with Crippen LogP contribution in [0.2, 0.25) is 0 Å². The normalized spacial score (nSPS) is 12.8. The highest BCUT2D eigenvalue weighted by Gasteiger charge is 2.23. The molecule has 10 heteroatoms. The molecule has 0 aromatic rings. The Morgan fingerprint density at radius 2 is 1.74 bits per heavy atom. The lowest BCUT2D eigenvalue weighted by atomic mass is 9.99. The number of carbonyl (C=O) groups is 5. The van der Waals surface area contributed by atoms with Gasteiger partial charge in [0.15, 0.2) is 0 Å². The zero-order valence-corrected chi connectivity index (χ0v) is 13.5. The summed E-state index contributed by atoms with van der Waals surface area (Å²) in [6.45, 7) is 0.613. The minimum Gasteiger partial charge on any atom is -0.480 e. The molecule has 0 saturated carbocycles. The number of Topliss-reactive ketones (excluding diaryl/α,β-unsaturated/α-hetero) is 1. The average Bonchev–Trinajstić information content (AvgIpc) is 2.45. The van der Waals surface area contributed by atoms with E-state index in [1.165, 1.54) is 6.92 Å². The predicted octanol–water partition coefficient (Wildman–Crippen LogP) is -0.938. The standard InChI is InChI=1S/C13H20N2O7S/c1-7(16)15-10(13(21)22)3-2-9(17)4-8(6-23)12(20)14-5-11(18)19/h8,10,23H,2-6H2,1H3,(H,14,20)(H,15,16)(H,18,19)(H,21,22)/t8-,10+/m0/s1. The van der Waals surface area contributed by atoms with Gasteiger partial charge < -0.3 is 20.8 Å². The molecule has 4 N–H and O–H groups in total. The zero-order chi connectivity index (χ0) is 18.0. The van der Waals surface area contributed by atoms with Gasteiger partial charge in [-0.15, -0.1) is 0 Å². The van der Waals surface area contributed by atoms with Crippen LogP contribution in [-0.2, 0) is 24.0 Å².